The number of nitrogens with one attached hydrogen (secondary N) is 1. The van der Waals surface area contributed by atoms with E-state index in [4.69, 9.17) is 4.74 Å². The van der Waals surface area contributed by atoms with Crippen molar-refractivity contribution in [2.24, 2.45) is 0 Å². The summed E-state index contributed by atoms with van der Waals surface area (Å²) in [4.78, 5) is 51.0. The molecule has 132 valence electrons. The molecule has 0 aliphatic carbocycles. The molecule has 0 spiro atoms. The van der Waals surface area contributed by atoms with E-state index >= 15 is 0 Å². The van der Waals surface area contributed by atoms with Crippen LogP contribution in [0.5, 0.6) is 5.75 Å². The first-order valence-electron chi connectivity index (χ1n) is 7.74. The highest BCUT2D eigenvalue weighted by Crippen LogP contribution is 2.30. The van der Waals surface area contributed by atoms with Gasteiger partial charge in [-0.05, 0) is 17.7 Å². The SMILES string of the molecule is COc1ccc([C@H]2C(=O)N(C)CN2C(=O)NN2C(=O)CCC2=O)cc1. The third-order valence-electron chi connectivity index (χ3n) is 4.24. The van der Waals surface area contributed by atoms with E-state index in [-0.39, 0.29) is 25.4 Å². The van der Waals surface area contributed by atoms with Gasteiger partial charge in [0.15, 0.2) is 0 Å². The molecule has 1 aromatic carbocycles. The molecular weight excluding hydrogens is 328 g/mol. The van der Waals surface area contributed by atoms with Crippen LogP contribution in [0.25, 0.3) is 0 Å². The maximum absolute atomic E-state index is 12.6. The molecule has 0 unspecified atom stereocenters. The number of carbonyl (C=O) groups excluding carboxylic acids is 4. The predicted molar refractivity (Wildman–Crippen MR) is 84.8 cm³/mol. The van der Waals surface area contributed by atoms with E-state index in [1.165, 1.54) is 16.9 Å². The Morgan fingerprint density at radius 2 is 1.72 bits per heavy atom. The zero-order valence-corrected chi connectivity index (χ0v) is 13.9. The molecular formula is C16H18N4O5. The quantitative estimate of drug-likeness (QED) is 0.791. The summed E-state index contributed by atoms with van der Waals surface area (Å²) in [5.74, 6) is -0.539. The fourth-order valence-electron chi connectivity index (χ4n) is 2.87. The van der Waals surface area contributed by atoms with Crippen molar-refractivity contribution in [1.29, 1.82) is 0 Å². The second-order valence-corrected chi connectivity index (χ2v) is 5.86. The van der Waals surface area contributed by atoms with E-state index in [2.05, 4.69) is 5.43 Å². The number of urea groups is 1. The van der Waals surface area contributed by atoms with Crippen molar-refractivity contribution in [3.63, 3.8) is 0 Å². The predicted octanol–water partition coefficient (Wildman–Crippen LogP) is 0.241. The van der Waals surface area contributed by atoms with Gasteiger partial charge in [-0.2, -0.15) is 5.01 Å². The number of hydrazine groups is 1. The van der Waals surface area contributed by atoms with Gasteiger partial charge in [-0.15, -0.1) is 0 Å². The summed E-state index contributed by atoms with van der Waals surface area (Å²) in [6.45, 7) is 0.0532. The second kappa shape index (κ2) is 6.42. The van der Waals surface area contributed by atoms with Gasteiger partial charge in [0.1, 0.15) is 11.8 Å². The van der Waals surface area contributed by atoms with Crippen LogP contribution in [0.2, 0.25) is 0 Å². The van der Waals surface area contributed by atoms with Crippen LogP contribution in [0.1, 0.15) is 24.4 Å². The lowest BCUT2D eigenvalue weighted by atomic mass is 10.1. The molecule has 3 rings (SSSR count). The van der Waals surface area contributed by atoms with Crippen LogP contribution < -0.4 is 10.2 Å². The molecule has 2 saturated heterocycles. The molecule has 0 bridgehead atoms. The Morgan fingerprint density at radius 3 is 2.28 bits per heavy atom. The van der Waals surface area contributed by atoms with Crippen LogP contribution in [0.15, 0.2) is 24.3 Å². The number of hydrogen-bond acceptors (Lipinski definition) is 5. The number of imide groups is 1. The summed E-state index contributed by atoms with van der Waals surface area (Å²) in [5, 5.41) is 0.718. The van der Waals surface area contributed by atoms with Crippen molar-refractivity contribution in [3.05, 3.63) is 29.8 Å². The molecule has 2 heterocycles. The van der Waals surface area contributed by atoms with E-state index in [9.17, 15) is 19.2 Å². The molecule has 0 aromatic heterocycles. The lowest BCUT2D eigenvalue weighted by Crippen LogP contribution is -2.51. The van der Waals surface area contributed by atoms with Crippen molar-refractivity contribution in [2.75, 3.05) is 20.8 Å². The van der Waals surface area contributed by atoms with E-state index < -0.39 is 23.9 Å². The van der Waals surface area contributed by atoms with Crippen molar-refractivity contribution in [2.45, 2.75) is 18.9 Å². The van der Waals surface area contributed by atoms with Crippen LogP contribution in [-0.2, 0) is 14.4 Å². The van der Waals surface area contributed by atoms with Crippen LogP contribution in [-0.4, -0.2) is 59.4 Å². The summed E-state index contributed by atoms with van der Waals surface area (Å²) in [6.07, 6.45) is 0.139. The zero-order chi connectivity index (χ0) is 18.1. The van der Waals surface area contributed by atoms with Crippen LogP contribution in [0.4, 0.5) is 4.79 Å². The first kappa shape index (κ1) is 16.7. The molecule has 2 aliphatic rings. The number of benzene rings is 1. The molecule has 25 heavy (non-hydrogen) atoms. The van der Waals surface area contributed by atoms with Gasteiger partial charge in [0.2, 0.25) is 11.8 Å². The Hall–Kier alpha value is -3.10. The summed E-state index contributed by atoms with van der Waals surface area (Å²) in [6, 6.07) is 5.29. The maximum atomic E-state index is 12.6. The van der Waals surface area contributed by atoms with E-state index in [1.807, 2.05) is 0 Å². The molecule has 1 aromatic rings. The minimum atomic E-state index is -0.830. The van der Waals surface area contributed by atoms with Crippen LogP contribution in [0, 0.1) is 0 Å². The summed E-state index contributed by atoms with van der Waals surface area (Å²) >= 11 is 0. The average Bonchev–Trinajstić information content (AvgIpc) is 3.08. The minimum Gasteiger partial charge on any atom is -0.497 e. The highest BCUT2D eigenvalue weighted by Gasteiger charge is 2.42. The average molecular weight is 346 g/mol. The normalized spacial score (nSPS) is 20.5. The van der Waals surface area contributed by atoms with E-state index in [1.54, 1.807) is 31.3 Å². The van der Waals surface area contributed by atoms with Crippen LogP contribution >= 0.6 is 0 Å². The van der Waals surface area contributed by atoms with E-state index in [0.717, 1.165) is 5.01 Å². The number of nitrogens with zero attached hydrogens (tertiary/aromatic N) is 3. The Balaban J connectivity index is 1.82. The number of amides is 5. The van der Waals surface area contributed by atoms with Crippen molar-refractivity contribution in [1.82, 2.24) is 20.2 Å². The van der Waals surface area contributed by atoms with Crippen molar-refractivity contribution < 1.29 is 23.9 Å². The highest BCUT2D eigenvalue weighted by molar-refractivity contribution is 6.03. The summed E-state index contributed by atoms with van der Waals surface area (Å²) in [7, 11) is 3.12. The molecule has 1 atom stereocenters. The topological polar surface area (TPSA) is 99.3 Å². The number of rotatable bonds is 3. The number of likely N-dealkylation sites (N-methyl/N-ethyl adjacent to an activating group) is 1. The minimum absolute atomic E-state index is 0.0532. The molecule has 5 amide bonds. The smallest absolute Gasteiger partial charge is 0.339 e. The third-order valence-corrected chi connectivity index (χ3v) is 4.24. The Bertz CT molecular complexity index is 717. The maximum Gasteiger partial charge on any atom is 0.339 e. The number of ether oxygens (including phenoxy) is 1. The first-order chi connectivity index (χ1) is 11.9. The molecule has 2 fully saturated rings. The van der Waals surface area contributed by atoms with E-state index in [0.29, 0.717) is 11.3 Å². The van der Waals surface area contributed by atoms with Crippen molar-refractivity contribution >= 4 is 23.8 Å². The van der Waals surface area contributed by atoms with Gasteiger partial charge < -0.3 is 9.64 Å². The Morgan fingerprint density at radius 1 is 1.12 bits per heavy atom. The van der Waals surface area contributed by atoms with Crippen LogP contribution in [0.3, 0.4) is 0 Å². The van der Waals surface area contributed by atoms with Gasteiger partial charge in [0.05, 0.1) is 13.8 Å². The molecule has 2 aliphatic heterocycles. The molecule has 9 heteroatoms. The van der Waals surface area contributed by atoms with Gasteiger partial charge in [0, 0.05) is 19.9 Å². The monoisotopic (exact) mass is 346 g/mol. The lowest BCUT2D eigenvalue weighted by molar-refractivity contribution is -0.141. The number of methoxy groups -OCH3 is 1. The Kier molecular flexibility index (Phi) is 4.30. The second-order valence-electron chi connectivity index (χ2n) is 5.86. The van der Waals surface area contributed by atoms with Gasteiger partial charge >= 0.3 is 6.03 Å². The fourth-order valence-corrected chi connectivity index (χ4v) is 2.87. The molecule has 0 radical (unpaired) electrons. The van der Waals surface area contributed by atoms with Gasteiger partial charge in [-0.25, -0.2) is 10.2 Å². The standard InChI is InChI=1S/C16H18N4O5/c1-18-9-19(16(24)17-20-12(21)7-8-13(20)22)14(15(18)23)10-3-5-11(25-2)6-4-10/h3-6,14H,7-9H2,1-2H3,(H,17,24)/t14-/m0/s1. The molecule has 9 nitrogen and oxygen atoms in total. The zero-order valence-electron chi connectivity index (χ0n) is 13.9. The summed E-state index contributed by atoms with van der Waals surface area (Å²) < 4.78 is 5.10. The fraction of sp³-hybridized carbons (Fsp3) is 0.375. The number of carbonyl (C=O) groups is 4. The van der Waals surface area contributed by atoms with Crippen molar-refractivity contribution in [3.8, 4) is 5.75 Å². The molecule has 1 N–H and O–H groups in total. The summed E-state index contributed by atoms with van der Waals surface area (Å²) in [5.41, 5.74) is 2.92. The first-order valence-corrected chi connectivity index (χ1v) is 7.74. The van der Waals surface area contributed by atoms with Gasteiger partial charge in [0.25, 0.3) is 5.91 Å². The Labute approximate surface area is 144 Å². The number of hydrogen-bond donors (Lipinski definition) is 1. The third kappa shape index (κ3) is 3.00. The van der Waals surface area contributed by atoms with Gasteiger partial charge in [-0.3, -0.25) is 19.3 Å². The lowest BCUT2D eigenvalue weighted by Gasteiger charge is -2.25. The molecule has 0 saturated carbocycles. The van der Waals surface area contributed by atoms with Gasteiger partial charge in [-0.1, -0.05) is 12.1 Å². The highest BCUT2D eigenvalue weighted by atomic mass is 16.5. The largest absolute Gasteiger partial charge is 0.497 e.